The van der Waals surface area contributed by atoms with Crippen molar-refractivity contribution in [1.29, 1.82) is 0 Å². The summed E-state index contributed by atoms with van der Waals surface area (Å²) in [6.45, 7) is 6.43. The van der Waals surface area contributed by atoms with E-state index in [1.165, 1.54) is 5.56 Å². The number of anilines is 3. The molecule has 38 heavy (non-hydrogen) atoms. The van der Waals surface area contributed by atoms with Crippen LogP contribution in [0, 0.1) is 5.92 Å². The lowest BCUT2D eigenvalue weighted by Gasteiger charge is -2.36. The highest BCUT2D eigenvalue weighted by atomic mass is 16.1. The Balaban J connectivity index is 1.51. The van der Waals surface area contributed by atoms with Crippen LogP contribution >= 0.6 is 0 Å². The van der Waals surface area contributed by atoms with Crippen molar-refractivity contribution in [3.05, 3.63) is 94.7 Å². The maximum Gasteiger partial charge on any atom is 0.255 e. The monoisotopic (exact) mass is 509 g/mol. The van der Waals surface area contributed by atoms with Crippen molar-refractivity contribution in [2.45, 2.75) is 45.7 Å². The Kier molecular flexibility index (Phi) is 7.79. The SMILES string of the molecule is CC(C)NCCC1CN(c2nc(CCc3ccccc3)ncc2N)c2nc(-c3ccccc3)cc(=O)n2C1. The van der Waals surface area contributed by atoms with E-state index < -0.39 is 0 Å². The molecule has 0 saturated carbocycles. The van der Waals surface area contributed by atoms with Gasteiger partial charge in [-0.1, -0.05) is 74.5 Å². The molecule has 1 aliphatic rings. The van der Waals surface area contributed by atoms with E-state index in [1.54, 1.807) is 16.8 Å². The zero-order valence-electron chi connectivity index (χ0n) is 22.0. The largest absolute Gasteiger partial charge is 0.394 e. The molecule has 3 N–H and O–H groups in total. The molecule has 8 heteroatoms. The van der Waals surface area contributed by atoms with Gasteiger partial charge in [0, 0.05) is 37.2 Å². The summed E-state index contributed by atoms with van der Waals surface area (Å²) in [6, 6.07) is 22.1. The van der Waals surface area contributed by atoms with Gasteiger partial charge >= 0.3 is 0 Å². The molecule has 5 rings (SSSR count). The van der Waals surface area contributed by atoms with Gasteiger partial charge in [-0.25, -0.2) is 15.0 Å². The molecule has 2 aromatic heterocycles. The molecule has 0 amide bonds. The molecular weight excluding hydrogens is 474 g/mol. The van der Waals surface area contributed by atoms with Crippen molar-refractivity contribution in [2.24, 2.45) is 5.92 Å². The lowest BCUT2D eigenvalue weighted by atomic mass is 10.0. The van der Waals surface area contributed by atoms with E-state index in [1.807, 2.05) is 53.4 Å². The van der Waals surface area contributed by atoms with E-state index in [9.17, 15) is 4.79 Å². The molecule has 3 heterocycles. The van der Waals surface area contributed by atoms with Crippen molar-refractivity contribution in [1.82, 2.24) is 24.8 Å². The van der Waals surface area contributed by atoms with Gasteiger partial charge in [0.1, 0.15) is 5.82 Å². The second kappa shape index (κ2) is 11.6. The van der Waals surface area contributed by atoms with Crippen LogP contribution in [0.5, 0.6) is 0 Å². The molecule has 8 nitrogen and oxygen atoms in total. The first-order valence-electron chi connectivity index (χ1n) is 13.3. The molecule has 0 radical (unpaired) electrons. The standard InChI is InChI=1S/C30H35N7O/c1-21(2)32-16-15-23-19-36-28(38)17-26(24-11-7-4-8-12-24)34-30(36)37(20-23)29-25(31)18-33-27(35-29)14-13-22-9-5-3-6-10-22/h3-12,17-18,21,23,32H,13-16,19-20,31H2,1-2H3. The molecule has 0 spiro atoms. The Morgan fingerprint density at radius 2 is 1.74 bits per heavy atom. The molecule has 0 aliphatic carbocycles. The number of nitrogens with two attached hydrogens (primary N) is 1. The van der Waals surface area contributed by atoms with Crippen molar-refractivity contribution in [3.63, 3.8) is 0 Å². The predicted octanol–water partition coefficient (Wildman–Crippen LogP) is 4.22. The van der Waals surface area contributed by atoms with Crippen molar-refractivity contribution >= 4 is 17.5 Å². The van der Waals surface area contributed by atoms with Crippen LogP contribution in [-0.4, -0.2) is 38.7 Å². The van der Waals surface area contributed by atoms with E-state index in [0.29, 0.717) is 48.7 Å². The Labute approximate surface area is 223 Å². The summed E-state index contributed by atoms with van der Waals surface area (Å²) in [5.41, 5.74) is 9.64. The van der Waals surface area contributed by atoms with Crippen LogP contribution in [0.1, 0.15) is 31.7 Å². The summed E-state index contributed by atoms with van der Waals surface area (Å²) >= 11 is 0. The van der Waals surface area contributed by atoms with Gasteiger partial charge in [0.25, 0.3) is 5.56 Å². The fraction of sp³-hybridized carbons (Fsp3) is 0.333. The van der Waals surface area contributed by atoms with E-state index in [-0.39, 0.29) is 11.5 Å². The van der Waals surface area contributed by atoms with Crippen LogP contribution in [0.3, 0.4) is 0 Å². The molecule has 0 fully saturated rings. The molecule has 1 atom stereocenters. The Morgan fingerprint density at radius 1 is 1.00 bits per heavy atom. The minimum absolute atomic E-state index is 0.0719. The van der Waals surface area contributed by atoms with Gasteiger partial charge in [-0.05, 0) is 30.9 Å². The number of nitrogens with one attached hydrogen (secondary N) is 1. The van der Waals surface area contributed by atoms with Crippen molar-refractivity contribution in [2.75, 3.05) is 23.7 Å². The Hall–Kier alpha value is -4.04. The van der Waals surface area contributed by atoms with Crippen LogP contribution in [0.2, 0.25) is 0 Å². The summed E-state index contributed by atoms with van der Waals surface area (Å²) in [7, 11) is 0. The third kappa shape index (κ3) is 5.92. The predicted molar refractivity (Wildman–Crippen MR) is 152 cm³/mol. The fourth-order valence-corrected chi connectivity index (χ4v) is 4.88. The highest BCUT2D eigenvalue weighted by Gasteiger charge is 2.30. The number of rotatable bonds is 9. The Morgan fingerprint density at radius 3 is 2.47 bits per heavy atom. The average Bonchev–Trinajstić information content (AvgIpc) is 2.93. The van der Waals surface area contributed by atoms with Crippen LogP contribution < -0.4 is 21.5 Å². The number of aryl methyl sites for hydroxylation is 2. The normalized spacial score (nSPS) is 15.0. The lowest BCUT2D eigenvalue weighted by molar-refractivity contribution is 0.369. The zero-order chi connectivity index (χ0) is 26.5. The van der Waals surface area contributed by atoms with Crippen LogP contribution in [0.4, 0.5) is 17.5 Å². The second-order valence-electron chi connectivity index (χ2n) is 10.2. The smallest absolute Gasteiger partial charge is 0.255 e. The Bertz CT molecular complexity index is 1420. The van der Waals surface area contributed by atoms with Crippen molar-refractivity contribution < 1.29 is 0 Å². The van der Waals surface area contributed by atoms with Gasteiger partial charge in [-0.3, -0.25) is 14.3 Å². The molecule has 0 saturated heterocycles. The second-order valence-corrected chi connectivity index (χ2v) is 10.2. The number of hydrogen-bond acceptors (Lipinski definition) is 7. The van der Waals surface area contributed by atoms with Crippen LogP contribution in [0.25, 0.3) is 11.3 Å². The van der Waals surface area contributed by atoms with Gasteiger partial charge < -0.3 is 11.1 Å². The van der Waals surface area contributed by atoms with Crippen LogP contribution in [0.15, 0.2) is 77.7 Å². The molecule has 1 unspecified atom stereocenters. The number of fused-ring (bicyclic) bond motifs is 1. The first-order valence-corrected chi connectivity index (χ1v) is 13.3. The summed E-state index contributed by atoms with van der Waals surface area (Å²) in [4.78, 5) is 29.8. The molecule has 2 aromatic carbocycles. The summed E-state index contributed by atoms with van der Waals surface area (Å²) in [5, 5.41) is 3.50. The topological polar surface area (TPSA) is 102 Å². The van der Waals surface area contributed by atoms with E-state index >= 15 is 0 Å². The summed E-state index contributed by atoms with van der Waals surface area (Å²) in [6.07, 6.45) is 4.13. The highest BCUT2D eigenvalue weighted by Crippen LogP contribution is 2.33. The number of benzene rings is 2. The van der Waals surface area contributed by atoms with E-state index in [0.717, 1.165) is 30.8 Å². The minimum atomic E-state index is -0.0719. The third-order valence-corrected chi connectivity index (χ3v) is 6.87. The van der Waals surface area contributed by atoms with Crippen LogP contribution in [-0.2, 0) is 19.4 Å². The number of nitrogens with zero attached hydrogens (tertiary/aromatic N) is 5. The third-order valence-electron chi connectivity index (χ3n) is 6.87. The first kappa shape index (κ1) is 25.6. The molecule has 1 aliphatic heterocycles. The minimum Gasteiger partial charge on any atom is -0.394 e. The highest BCUT2D eigenvalue weighted by molar-refractivity contribution is 5.69. The molecule has 0 bridgehead atoms. The first-order chi connectivity index (χ1) is 18.5. The summed E-state index contributed by atoms with van der Waals surface area (Å²) < 4.78 is 1.77. The number of nitrogen functional groups attached to an aromatic ring is 1. The maximum atomic E-state index is 13.4. The number of hydrogen-bond donors (Lipinski definition) is 2. The van der Waals surface area contributed by atoms with Gasteiger partial charge in [0.2, 0.25) is 5.95 Å². The van der Waals surface area contributed by atoms with Gasteiger partial charge in [0.15, 0.2) is 5.82 Å². The van der Waals surface area contributed by atoms with Gasteiger partial charge in [0.05, 0.1) is 17.6 Å². The molecule has 196 valence electrons. The maximum absolute atomic E-state index is 13.4. The van der Waals surface area contributed by atoms with E-state index in [2.05, 4.69) is 36.3 Å². The fourth-order valence-electron chi connectivity index (χ4n) is 4.88. The molecule has 4 aromatic rings. The molecular formula is C30H35N7O. The van der Waals surface area contributed by atoms with Crippen molar-refractivity contribution in [3.8, 4) is 11.3 Å². The quantitative estimate of drug-likeness (QED) is 0.348. The number of aromatic nitrogens is 4. The van der Waals surface area contributed by atoms with E-state index in [4.69, 9.17) is 15.7 Å². The van der Waals surface area contributed by atoms with Gasteiger partial charge in [-0.2, -0.15) is 0 Å². The zero-order valence-corrected chi connectivity index (χ0v) is 22.0. The summed E-state index contributed by atoms with van der Waals surface area (Å²) in [5.74, 6) is 2.13. The van der Waals surface area contributed by atoms with Gasteiger partial charge in [-0.15, -0.1) is 0 Å². The average molecular weight is 510 g/mol. The lowest BCUT2D eigenvalue weighted by Crippen LogP contribution is -2.43.